The summed E-state index contributed by atoms with van der Waals surface area (Å²) in [5.41, 5.74) is -0.328. The molecule has 1 fully saturated rings. The van der Waals surface area contributed by atoms with Crippen molar-refractivity contribution in [1.82, 2.24) is 9.97 Å². The van der Waals surface area contributed by atoms with Crippen molar-refractivity contribution in [2.24, 2.45) is 0 Å². The Labute approximate surface area is 82.1 Å². The Morgan fingerprint density at radius 3 is 3.08 bits per heavy atom. The Bertz CT molecular complexity index is 310. The smallest absolute Gasteiger partial charge is 0.161 e. The molecular formula is C9H11ClN2O. The molecule has 1 saturated heterocycles. The lowest BCUT2D eigenvalue weighted by atomic mass is 10.0. The summed E-state index contributed by atoms with van der Waals surface area (Å²) >= 11 is 5.78. The molecule has 0 aromatic carbocycles. The van der Waals surface area contributed by atoms with E-state index in [2.05, 4.69) is 9.97 Å². The fraction of sp³-hybridized carbons (Fsp3) is 0.556. The number of nitrogens with zero attached hydrogens (tertiary/aromatic N) is 2. The standard InChI is InChI=1S/C9H11ClN2O/c1-9(4-2-6-13-9)8-11-5-3-7(10)12-8/h3,5H,2,4,6H2,1H3. The molecule has 0 spiro atoms. The molecule has 1 aromatic rings. The number of halogens is 1. The predicted molar refractivity (Wildman–Crippen MR) is 49.6 cm³/mol. The second-order valence-electron chi connectivity index (χ2n) is 3.39. The first-order chi connectivity index (χ1) is 6.21. The Morgan fingerprint density at radius 1 is 1.62 bits per heavy atom. The number of hydrogen-bond donors (Lipinski definition) is 0. The van der Waals surface area contributed by atoms with E-state index in [4.69, 9.17) is 16.3 Å². The third-order valence-corrected chi connectivity index (χ3v) is 2.52. The van der Waals surface area contributed by atoms with Crippen molar-refractivity contribution < 1.29 is 4.74 Å². The summed E-state index contributed by atoms with van der Waals surface area (Å²) in [4.78, 5) is 8.33. The molecule has 0 amide bonds. The van der Waals surface area contributed by atoms with E-state index in [1.807, 2.05) is 6.92 Å². The average molecular weight is 199 g/mol. The van der Waals surface area contributed by atoms with Crippen molar-refractivity contribution >= 4 is 11.6 Å². The first-order valence-electron chi connectivity index (χ1n) is 4.34. The molecule has 0 aliphatic carbocycles. The van der Waals surface area contributed by atoms with Gasteiger partial charge < -0.3 is 4.74 Å². The molecular weight excluding hydrogens is 188 g/mol. The summed E-state index contributed by atoms with van der Waals surface area (Å²) in [5.74, 6) is 0.692. The SMILES string of the molecule is CC1(c2nccc(Cl)n2)CCCO1. The van der Waals surface area contributed by atoms with Gasteiger partial charge in [-0.15, -0.1) is 0 Å². The molecule has 2 rings (SSSR count). The van der Waals surface area contributed by atoms with Crippen LogP contribution in [0.25, 0.3) is 0 Å². The molecule has 0 saturated carbocycles. The average Bonchev–Trinajstić information content (AvgIpc) is 2.54. The number of ether oxygens (including phenoxy) is 1. The minimum absolute atomic E-state index is 0.328. The van der Waals surface area contributed by atoms with E-state index in [-0.39, 0.29) is 5.60 Å². The lowest BCUT2D eigenvalue weighted by Crippen LogP contribution is -2.23. The van der Waals surface area contributed by atoms with Crippen LogP contribution in [0.3, 0.4) is 0 Å². The van der Waals surface area contributed by atoms with Gasteiger partial charge in [-0.25, -0.2) is 9.97 Å². The van der Waals surface area contributed by atoms with E-state index < -0.39 is 0 Å². The number of rotatable bonds is 1. The third kappa shape index (κ3) is 1.67. The van der Waals surface area contributed by atoms with Crippen LogP contribution in [0.5, 0.6) is 0 Å². The second kappa shape index (κ2) is 3.24. The molecule has 1 aromatic heterocycles. The van der Waals surface area contributed by atoms with Gasteiger partial charge >= 0.3 is 0 Å². The summed E-state index contributed by atoms with van der Waals surface area (Å²) in [5, 5.41) is 0.474. The molecule has 3 nitrogen and oxygen atoms in total. The van der Waals surface area contributed by atoms with E-state index in [0.717, 1.165) is 19.4 Å². The van der Waals surface area contributed by atoms with Crippen LogP contribution in [0.2, 0.25) is 5.15 Å². The van der Waals surface area contributed by atoms with Crippen LogP contribution >= 0.6 is 11.6 Å². The van der Waals surface area contributed by atoms with Gasteiger partial charge in [0.15, 0.2) is 5.82 Å². The Kier molecular flexibility index (Phi) is 2.22. The highest BCUT2D eigenvalue weighted by atomic mass is 35.5. The van der Waals surface area contributed by atoms with Gasteiger partial charge in [0, 0.05) is 12.8 Å². The minimum atomic E-state index is -0.328. The molecule has 1 aliphatic rings. The first-order valence-corrected chi connectivity index (χ1v) is 4.71. The van der Waals surface area contributed by atoms with E-state index in [0.29, 0.717) is 11.0 Å². The third-order valence-electron chi connectivity index (χ3n) is 2.31. The molecule has 0 bridgehead atoms. The van der Waals surface area contributed by atoms with Gasteiger partial charge in [-0.2, -0.15) is 0 Å². The van der Waals surface area contributed by atoms with E-state index in [1.54, 1.807) is 12.3 Å². The van der Waals surface area contributed by atoms with Gasteiger partial charge in [0.2, 0.25) is 0 Å². The topological polar surface area (TPSA) is 35.0 Å². The van der Waals surface area contributed by atoms with Crippen LogP contribution in [-0.4, -0.2) is 16.6 Å². The Balaban J connectivity index is 2.33. The zero-order valence-electron chi connectivity index (χ0n) is 7.46. The normalized spacial score (nSPS) is 27.8. The molecule has 4 heteroatoms. The van der Waals surface area contributed by atoms with Crippen LogP contribution < -0.4 is 0 Å². The highest BCUT2D eigenvalue weighted by Gasteiger charge is 2.34. The highest BCUT2D eigenvalue weighted by molar-refractivity contribution is 6.29. The quantitative estimate of drug-likeness (QED) is 0.649. The molecule has 13 heavy (non-hydrogen) atoms. The maximum absolute atomic E-state index is 5.78. The second-order valence-corrected chi connectivity index (χ2v) is 3.77. The summed E-state index contributed by atoms with van der Waals surface area (Å²) in [7, 11) is 0. The number of hydrogen-bond acceptors (Lipinski definition) is 3. The van der Waals surface area contributed by atoms with Crippen molar-refractivity contribution in [3.63, 3.8) is 0 Å². The van der Waals surface area contributed by atoms with Gasteiger partial charge in [-0.05, 0) is 25.8 Å². The molecule has 70 valence electrons. The van der Waals surface area contributed by atoms with Crippen LogP contribution in [0.1, 0.15) is 25.6 Å². The maximum atomic E-state index is 5.78. The van der Waals surface area contributed by atoms with E-state index in [9.17, 15) is 0 Å². The molecule has 2 heterocycles. The van der Waals surface area contributed by atoms with Crippen LogP contribution in [0, 0.1) is 0 Å². The van der Waals surface area contributed by atoms with E-state index in [1.165, 1.54) is 0 Å². The summed E-state index contributed by atoms with van der Waals surface area (Å²) < 4.78 is 5.60. The van der Waals surface area contributed by atoms with Gasteiger partial charge in [0.05, 0.1) is 0 Å². The van der Waals surface area contributed by atoms with Crippen LogP contribution in [0.15, 0.2) is 12.3 Å². The molecule has 1 aliphatic heterocycles. The summed E-state index contributed by atoms with van der Waals surface area (Å²) in [6.45, 7) is 2.79. The Morgan fingerprint density at radius 2 is 2.46 bits per heavy atom. The van der Waals surface area contributed by atoms with Crippen LogP contribution in [0.4, 0.5) is 0 Å². The molecule has 1 unspecified atom stereocenters. The summed E-state index contributed by atoms with van der Waals surface area (Å²) in [6.07, 6.45) is 3.69. The maximum Gasteiger partial charge on any atom is 0.161 e. The zero-order valence-corrected chi connectivity index (χ0v) is 8.21. The predicted octanol–water partition coefficient (Wildman–Crippen LogP) is 2.16. The fourth-order valence-electron chi connectivity index (χ4n) is 1.55. The van der Waals surface area contributed by atoms with Crippen molar-refractivity contribution in [3.05, 3.63) is 23.2 Å². The molecule has 1 atom stereocenters. The van der Waals surface area contributed by atoms with Gasteiger partial charge in [0.25, 0.3) is 0 Å². The Hall–Kier alpha value is -0.670. The van der Waals surface area contributed by atoms with Gasteiger partial charge in [-0.3, -0.25) is 0 Å². The lowest BCUT2D eigenvalue weighted by Gasteiger charge is -2.20. The van der Waals surface area contributed by atoms with Crippen molar-refractivity contribution in [2.45, 2.75) is 25.4 Å². The van der Waals surface area contributed by atoms with Gasteiger partial charge in [-0.1, -0.05) is 11.6 Å². The highest BCUT2D eigenvalue weighted by Crippen LogP contribution is 2.33. The lowest BCUT2D eigenvalue weighted by molar-refractivity contribution is 0.00933. The first kappa shape index (κ1) is 8.91. The number of aromatic nitrogens is 2. The minimum Gasteiger partial charge on any atom is -0.367 e. The van der Waals surface area contributed by atoms with Crippen LogP contribution in [-0.2, 0) is 10.3 Å². The van der Waals surface area contributed by atoms with Crippen molar-refractivity contribution in [3.8, 4) is 0 Å². The molecule has 0 radical (unpaired) electrons. The fourth-order valence-corrected chi connectivity index (χ4v) is 1.68. The molecule has 0 N–H and O–H groups in total. The largest absolute Gasteiger partial charge is 0.367 e. The van der Waals surface area contributed by atoms with Crippen molar-refractivity contribution in [1.29, 1.82) is 0 Å². The zero-order chi connectivity index (χ0) is 9.31. The van der Waals surface area contributed by atoms with E-state index >= 15 is 0 Å². The van der Waals surface area contributed by atoms with Gasteiger partial charge in [0.1, 0.15) is 10.8 Å². The summed E-state index contributed by atoms with van der Waals surface area (Å²) in [6, 6.07) is 1.67. The monoisotopic (exact) mass is 198 g/mol. The van der Waals surface area contributed by atoms with Crippen molar-refractivity contribution in [2.75, 3.05) is 6.61 Å².